The Morgan fingerprint density at radius 2 is 1.67 bits per heavy atom. The van der Waals surface area contributed by atoms with E-state index in [0.29, 0.717) is 11.8 Å². The highest BCUT2D eigenvalue weighted by molar-refractivity contribution is 7.99. The number of amides is 1. The number of carbonyl (C=O) groups is 1. The van der Waals surface area contributed by atoms with Gasteiger partial charge in [-0.15, -0.1) is 10.2 Å². The van der Waals surface area contributed by atoms with Gasteiger partial charge in [0.05, 0.1) is 5.75 Å². The van der Waals surface area contributed by atoms with Gasteiger partial charge in [-0.25, -0.2) is 0 Å². The summed E-state index contributed by atoms with van der Waals surface area (Å²) in [5.74, 6) is 1.35. The number of hydrogen-bond acceptors (Lipinski definition) is 4. The van der Waals surface area contributed by atoms with Crippen LogP contribution in [0.25, 0.3) is 17.1 Å². The molecule has 30 heavy (non-hydrogen) atoms. The third kappa shape index (κ3) is 4.43. The molecule has 0 spiro atoms. The molecule has 5 nitrogen and oxygen atoms in total. The number of aromatic nitrogens is 3. The summed E-state index contributed by atoms with van der Waals surface area (Å²) in [5, 5.41) is 9.69. The van der Waals surface area contributed by atoms with Gasteiger partial charge in [-0.2, -0.15) is 0 Å². The van der Waals surface area contributed by atoms with Crippen molar-refractivity contribution < 1.29 is 4.79 Å². The van der Waals surface area contributed by atoms with Crippen molar-refractivity contribution in [3.05, 3.63) is 59.7 Å². The first-order valence-corrected chi connectivity index (χ1v) is 11.5. The van der Waals surface area contributed by atoms with Crippen LogP contribution in [-0.4, -0.2) is 43.9 Å². The average molecular weight is 421 g/mol. The molecule has 1 unspecified atom stereocenters. The van der Waals surface area contributed by atoms with Crippen molar-refractivity contribution in [1.29, 1.82) is 0 Å². The predicted molar refractivity (Wildman–Crippen MR) is 122 cm³/mol. The topological polar surface area (TPSA) is 51.0 Å². The first-order valence-electron chi connectivity index (χ1n) is 10.5. The second-order valence-electron chi connectivity index (χ2n) is 8.06. The van der Waals surface area contributed by atoms with Crippen molar-refractivity contribution in [2.75, 3.05) is 12.3 Å². The maximum absolute atomic E-state index is 12.8. The SMILES string of the molecule is Cc1ccc(-c2nnc(SCC(=O)N3CCCCC3C)n2-c2ccc(C)cc2)cc1. The second kappa shape index (κ2) is 9.04. The number of carbonyl (C=O) groups excluding carboxylic acids is 1. The van der Waals surface area contributed by atoms with Crippen LogP contribution in [0.2, 0.25) is 0 Å². The fraction of sp³-hybridized carbons (Fsp3) is 0.375. The molecule has 6 heteroatoms. The minimum Gasteiger partial charge on any atom is -0.339 e. The molecular formula is C24H28N4OS. The van der Waals surface area contributed by atoms with Crippen LogP contribution in [0.4, 0.5) is 0 Å². The lowest BCUT2D eigenvalue weighted by Crippen LogP contribution is -2.42. The molecule has 1 aromatic heterocycles. The third-order valence-electron chi connectivity index (χ3n) is 5.68. The van der Waals surface area contributed by atoms with Gasteiger partial charge in [-0.05, 0) is 52.2 Å². The van der Waals surface area contributed by atoms with Gasteiger partial charge < -0.3 is 4.90 Å². The van der Waals surface area contributed by atoms with E-state index in [2.05, 4.69) is 84.1 Å². The van der Waals surface area contributed by atoms with Crippen LogP contribution in [0.15, 0.2) is 53.7 Å². The lowest BCUT2D eigenvalue weighted by atomic mass is 10.0. The zero-order valence-electron chi connectivity index (χ0n) is 17.8. The Labute approximate surface area is 182 Å². The molecule has 1 atom stereocenters. The van der Waals surface area contributed by atoms with Gasteiger partial charge in [0, 0.05) is 23.8 Å². The van der Waals surface area contributed by atoms with Gasteiger partial charge in [0.2, 0.25) is 5.91 Å². The third-order valence-corrected chi connectivity index (χ3v) is 6.60. The van der Waals surface area contributed by atoms with Crippen molar-refractivity contribution in [3.8, 4) is 17.1 Å². The van der Waals surface area contributed by atoms with E-state index in [4.69, 9.17) is 0 Å². The maximum Gasteiger partial charge on any atom is 0.233 e. The molecule has 1 aliphatic heterocycles. The minimum absolute atomic E-state index is 0.183. The van der Waals surface area contributed by atoms with Gasteiger partial charge in [-0.1, -0.05) is 59.3 Å². The molecule has 156 valence electrons. The molecule has 2 heterocycles. The smallest absolute Gasteiger partial charge is 0.233 e. The van der Waals surface area contributed by atoms with Crippen molar-refractivity contribution in [1.82, 2.24) is 19.7 Å². The zero-order valence-corrected chi connectivity index (χ0v) is 18.7. The summed E-state index contributed by atoms with van der Waals surface area (Å²) in [6.07, 6.45) is 3.39. The molecule has 4 rings (SSSR count). The van der Waals surface area contributed by atoms with Crippen molar-refractivity contribution in [2.24, 2.45) is 0 Å². The van der Waals surface area contributed by atoms with E-state index in [0.717, 1.165) is 41.6 Å². The number of benzene rings is 2. The molecule has 1 aliphatic rings. The Balaban J connectivity index is 1.63. The summed E-state index contributed by atoms with van der Waals surface area (Å²) in [5.41, 5.74) is 4.42. The Morgan fingerprint density at radius 3 is 2.33 bits per heavy atom. The summed E-state index contributed by atoms with van der Waals surface area (Å²) in [7, 11) is 0. The van der Waals surface area contributed by atoms with Gasteiger partial charge in [0.1, 0.15) is 0 Å². The van der Waals surface area contributed by atoms with E-state index in [-0.39, 0.29) is 5.91 Å². The van der Waals surface area contributed by atoms with Crippen LogP contribution in [0.3, 0.4) is 0 Å². The van der Waals surface area contributed by atoms with Gasteiger partial charge >= 0.3 is 0 Å². The van der Waals surface area contributed by atoms with E-state index in [1.54, 1.807) is 0 Å². The van der Waals surface area contributed by atoms with E-state index in [1.807, 2.05) is 4.90 Å². The summed E-state index contributed by atoms with van der Waals surface area (Å²) in [4.78, 5) is 14.9. The molecule has 1 saturated heterocycles. The highest BCUT2D eigenvalue weighted by Gasteiger charge is 2.24. The molecule has 0 bridgehead atoms. The Kier molecular flexibility index (Phi) is 6.23. The van der Waals surface area contributed by atoms with E-state index < -0.39 is 0 Å². The van der Waals surface area contributed by atoms with E-state index in [1.165, 1.54) is 29.3 Å². The summed E-state index contributed by atoms with van der Waals surface area (Å²) in [6, 6.07) is 17.0. The highest BCUT2D eigenvalue weighted by atomic mass is 32.2. The number of thioether (sulfide) groups is 1. The molecular weight excluding hydrogens is 392 g/mol. The van der Waals surface area contributed by atoms with E-state index >= 15 is 0 Å². The van der Waals surface area contributed by atoms with Crippen LogP contribution in [-0.2, 0) is 4.79 Å². The molecule has 0 radical (unpaired) electrons. The molecule has 3 aromatic rings. The molecule has 0 aliphatic carbocycles. The Morgan fingerprint density at radius 1 is 1.00 bits per heavy atom. The second-order valence-corrected chi connectivity index (χ2v) is 9.01. The normalized spacial score (nSPS) is 16.6. The monoisotopic (exact) mass is 420 g/mol. The van der Waals surface area contributed by atoms with Crippen molar-refractivity contribution in [2.45, 2.75) is 51.2 Å². The fourth-order valence-corrected chi connectivity index (χ4v) is 4.70. The number of aryl methyl sites for hydroxylation is 2. The lowest BCUT2D eigenvalue weighted by molar-refractivity contribution is -0.131. The number of nitrogens with zero attached hydrogens (tertiary/aromatic N) is 4. The van der Waals surface area contributed by atoms with Gasteiger partial charge in [0.15, 0.2) is 11.0 Å². The van der Waals surface area contributed by atoms with Gasteiger partial charge in [0.25, 0.3) is 0 Å². The van der Waals surface area contributed by atoms with E-state index in [9.17, 15) is 4.79 Å². The molecule has 0 N–H and O–H groups in total. The number of piperidine rings is 1. The first kappa shape index (κ1) is 20.7. The van der Waals surface area contributed by atoms with Crippen molar-refractivity contribution in [3.63, 3.8) is 0 Å². The average Bonchev–Trinajstić information content (AvgIpc) is 3.17. The summed E-state index contributed by atoms with van der Waals surface area (Å²) >= 11 is 1.47. The van der Waals surface area contributed by atoms with Gasteiger partial charge in [-0.3, -0.25) is 9.36 Å². The highest BCUT2D eigenvalue weighted by Crippen LogP contribution is 2.29. The molecule has 2 aromatic carbocycles. The number of likely N-dealkylation sites (tertiary alicyclic amines) is 1. The zero-order chi connectivity index (χ0) is 21.1. The largest absolute Gasteiger partial charge is 0.339 e. The Bertz CT molecular complexity index is 1010. The fourth-order valence-electron chi connectivity index (χ4n) is 3.86. The lowest BCUT2D eigenvalue weighted by Gasteiger charge is -2.33. The first-order chi connectivity index (χ1) is 14.5. The van der Waals surface area contributed by atoms with Crippen LogP contribution in [0, 0.1) is 13.8 Å². The standard InChI is InChI=1S/C24H28N4OS/c1-17-7-11-20(12-8-17)23-25-26-24(28(23)21-13-9-18(2)10-14-21)30-16-22(29)27-15-5-4-6-19(27)3/h7-14,19H,4-6,15-16H2,1-3H3. The van der Waals surface area contributed by atoms with Crippen LogP contribution in [0.5, 0.6) is 0 Å². The molecule has 1 amide bonds. The molecule has 0 saturated carbocycles. The number of rotatable bonds is 5. The quantitative estimate of drug-likeness (QED) is 0.542. The number of hydrogen-bond donors (Lipinski definition) is 0. The minimum atomic E-state index is 0.183. The summed E-state index contributed by atoms with van der Waals surface area (Å²) < 4.78 is 2.06. The van der Waals surface area contributed by atoms with Crippen molar-refractivity contribution >= 4 is 17.7 Å². The predicted octanol–water partition coefficient (Wildman–Crippen LogP) is 5.04. The van der Waals surface area contributed by atoms with Crippen LogP contribution < -0.4 is 0 Å². The summed E-state index contributed by atoms with van der Waals surface area (Å²) in [6.45, 7) is 7.15. The maximum atomic E-state index is 12.8. The molecule has 1 fully saturated rings. The van der Waals surface area contributed by atoms with Crippen LogP contribution in [0.1, 0.15) is 37.3 Å². The van der Waals surface area contributed by atoms with Crippen LogP contribution >= 0.6 is 11.8 Å². The Hall–Kier alpha value is -2.60.